The van der Waals surface area contributed by atoms with E-state index in [9.17, 15) is 9.18 Å². The smallest absolute Gasteiger partial charge is 0.247 e. The van der Waals surface area contributed by atoms with Crippen LogP contribution in [0.5, 0.6) is 0 Å². The number of nitrogens with one attached hydrogen (secondary N) is 3. The first-order valence-electron chi connectivity index (χ1n) is 7.62. The summed E-state index contributed by atoms with van der Waals surface area (Å²) in [6.07, 6.45) is 5.58. The number of hydrogen-bond donors (Lipinski definition) is 3. The predicted octanol–water partition coefficient (Wildman–Crippen LogP) is 2.96. The predicted molar refractivity (Wildman–Crippen MR) is 97.0 cm³/mol. The maximum Gasteiger partial charge on any atom is 0.247 e. The zero-order valence-corrected chi connectivity index (χ0v) is 13.9. The number of nitrogens with zero attached hydrogens (tertiary/aromatic N) is 4. The molecule has 0 spiro atoms. The number of benzene rings is 1. The fraction of sp³-hybridized carbons (Fsp3) is 0.0588. The van der Waals surface area contributed by atoms with Crippen molar-refractivity contribution in [1.29, 1.82) is 0 Å². The third-order valence-corrected chi connectivity index (χ3v) is 3.28. The normalized spacial score (nSPS) is 10.2. The van der Waals surface area contributed by atoms with Gasteiger partial charge in [0, 0.05) is 24.6 Å². The molecule has 2 aromatic heterocycles. The SMILES string of the molecule is C=CC(=O)Nc1cccc(Nc2nc(Nc3cnn(C)c3)ncc2F)c1. The van der Waals surface area contributed by atoms with E-state index in [-0.39, 0.29) is 17.7 Å². The fourth-order valence-corrected chi connectivity index (χ4v) is 2.13. The summed E-state index contributed by atoms with van der Waals surface area (Å²) >= 11 is 0. The number of carbonyl (C=O) groups excluding carboxylic acids is 1. The number of aromatic nitrogens is 4. The van der Waals surface area contributed by atoms with Crippen LogP contribution in [-0.4, -0.2) is 25.7 Å². The molecule has 0 aliphatic carbocycles. The number of carbonyl (C=O) groups is 1. The van der Waals surface area contributed by atoms with E-state index in [0.717, 1.165) is 6.20 Å². The minimum Gasteiger partial charge on any atom is -0.338 e. The van der Waals surface area contributed by atoms with Crippen molar-refractivity contribution >= 4 is 34.7 Å². The highest BCUT2D eigenvalue weighted by Gasteiger charge is 2.09. The lowest BCUT2D eigenvalue weighted by molar-refractivity contribution is -0.111. The summed E-state index contributed by atoms with van der Waals surface area (Å²) < 4.78 is 15.7. The Hall–Kier alpha value is -3.75. The third kappa shape index (κ3) is 4.20. The van der Waals surface area contributed by atoms with Crippen molar-refractivity contribution < 1.29 is 9.18 Å². The number of anilines is 5. The Labute approximate surface area is 148 Å². The molecule has 0 atom stereocenters. The van der Waals surface area contributed by atoms with E-state index in [1.807, 2.05) is 0 Å². The number of rotatable bonds is 6. The molecule has 0 fully saturated rings. The second-order valence-corrected chi connectivity index (χ2v) is 5.32. The Morgan fingerprint density at radius 3 is 2.77 bits per heavy atom. The van der Waals surface area contributed by atoms with E-state index in [1.165, 1.54) is 6.08 Å². The van der Waals surface area contributed by atoms with Gasteiger partial charge in [-0.05, 0) is 24.3 Å². The molecule has 0 aliphatic rings. The van der Waals surface area contributed by atoms with Crippen LogP contribution in [0.2, 0.25) is 0 Å². The van der Waals surface area contributed by atoms with Gasteiger partial charge in [0.15, 0.2) is 11.6 Å². The molecule has 132 valence electrons. The molecule has 3 rings (SSSR count). The highest BCUT2D eigenvalue weighted by molar-refractivity contribution is 5.99. The van der Waals surface area contributed by atoms with Gasteiger partial charge in [0.05, 0.1) is 18.1 Å². The van der Waals surface area contributed by atoms with Gasteiger partial charge in [0.2, 0.25) is 11.9 Å². The molecule has 2 heterocycles. The van der Waals surface area contributed by atoms with Crippen LogP contribution in [0.25, 0.3) is 0 Å². The minimum atomic E-state index is -0.609. The molecule has 3 N–H and O–H groups in total. The van der Waals surface area contributed by atoms with Crippen LogP contribution in [0.1, 0.15) is 0 Å². The average molecular weight is 353 g/mol. The number of amides is 1. The molecule has 0 radical (unpaired) electrons. The Morgan fingerprint density at radius 1 is 1.23 bits per heavy atom. The fourth-order valence-electron chi connectivity index (χ4n) is 2.13. The molecule has 0 aliphatic heterocycles. The Kier molecular flexibility index (Phi) is 4.88. The van der Waals surface area contributed by atoms with Gasteiger partial charge in [0.25, 0.3) is 0 Å². The molecule has 8 nitrogen and oxygen atoms in total. The quantitative estimate of drug-likeness (QED) is 0.590. The van der Waals surface area contributed by atoms with Gasteiger partial charge in [-0.25, -0.2) is 9.37 Å². The van der Waals surface area contributed by atoms with Crippen LogP contribution >= 0.6 is 0 Å². The standard InChI is InChI=1S/C17H16FN7O/c1-3-15(26)21-11-5-4-6-12(7-11)22-16-14(18)9-19-17(24-16)23-13-8-20-25(2)10-13/h3-10H,1H2,2H3,(H,21,26)(H2,19,22,23,24). The van der Waals surface area contributed by atoms with E-state index in [1.54, 1.807) is 48.4 Å². The molecule has 0 unspecified atom stereocenters. The van der Waals surface area contributed by atoms with Gasteiger partial charge in [-0.1, -0.05) is 12.6 Å². The number of aryl methyl sites for hydroxylation is 1. The van der Waals surface area contributed by atoms with Gasteiger partial charge < -0.3 is 16.0 Å². The molecule has 3 aromatic rings. The van der Waals surface area contributed by atoms with Crippen molar-refractivity contribution in [2.24, 2.45) is 7.05 Å². The lowest BCUT2D eigenvalue weighted by Crippen LogP contribution is -2.07. The topological polar surface area (TPSA) is 96.8 Å². The van der Waals surface area contributed by atoms with Crippen molar-refractivity contribution in [1.82, 2.24) is 19.7 Å². The highest BCUT2D eigenvalue weighted by atomic mass is 19.1. The van der Waals surface area contributed by atoms with Gasteiger partial charge in [-0.15, -0.1) is 0 Å². The van der Waals surface area contributed by atoms with Gasteiger partial charge in [0.1, 0.15) is 0 Å². The summed E-state index contributed by atoms with van der Waals surface area (Å²) in [5.41, 5.74) is 1.78. The maximum absolute atomic E-state index is 14.0. The zero-order chi connectivity index (χ0) is 18.5. The van der Waals surface area contributed by atoms with E-state index >= 15 is 0 Å². The van der Waals surface area contributed by atoms with Crippen LogP contribution in [-0.2, 0) is 11.8 Å². The highest BCUT2D eigenvalue weighted by Crippen LogP contribution is 2.22. The summed E-state index contributed by atoms with van der Waals surface area (Å²) in [5.74, 6) is -0.725. The Balaban J connectivity index is 1.78. The molecule has 0 saturated carbocycles. The van der Waals surface area contributed by atoms with Crippen LogP contribution in [0.4, 0.5) is 33.2 Å². The molecule has 9 heteroatoms. The van der Waals surface area contributed by atoms with E-state index < -0.39 is 5.82 Å². The van der Waals surface area contributed by atoms with Crippen LogP contribution < -0.4 is 16.0 Å². The number of halogens is 1. The van der Waals surface area contributed by atoms with Gasteiger partial charge >= 0.3 is 0 Å². The first-order chi connectivity index (χ1) is 12.5. The third-order valence-electron chi connectivity index (χ3n) is 3.28. The molecule has 0 saturated heterocycles. The molecule has 26 heavy (non-hydrogen) atoms. The first kappa shape index (κ1) is 17.1. The Morgan fingerprint density at radius 2 is 2.04 bits per heavy atom. The summed E-state index contributed by atoms with van der Waals surface area (Å²) in [6.45, 7) is 3.40. The van der Waals surface area contributed by atoms with E-state index in [0.29, 0.717) is 17.1 Å². The summed E-state index contributed by atoms with van der Waals surface area (Å²) in [7, 11) is 1.78. The molecular weight excluding hydrogens is 337 g/mol. The second kappa shape index (κ2) is 7.43. The van der Waals surface area contributed by atoms with Crippen LogP contribution in [0, 0.1) is 5.82 Å². The van der Waals surface area contributed by atoms with Crippen molar-refractivity contribution in [3.63, 3.8) is 0 Å². The van der Waals surface area contributed by atoms with Gasteiger partial charge in [-0.2, -0.15) is 10.1 Å². The minimum absolute atomic E-state index is 0.00131. The van der Waals surface area contributed by atoms with Crippen molar-refractivity contribution in [3.8, 4) is 0 Å². The molecule has 1 amide bonds. The second-order valence-electron chi connectivity index (χ2n) is 5.32. The monoisotopic (exact) mass is 353 g/mol. The largest absolute Gasteiger partial charge is 0.338 e. The lowest BCUT2D eigenvalue weighted by atomic mass is 10.2. The number of hydrogen-bond acceptors (Lipinski definition) is 6. The van der Waals surface area contributed by atoms with Crippen molar-refractivity contribution in [2.75, 3.05) is 16.0 Å². The van der Waals surface area contributed by atoms with Gasteiger partial charge in [-0.3, -0.25) is 9.48 Å². The lowest BCUT2D eigenvalue weighted by Gasteiger charge is -2.10. The maximum atomic E-state index is 14.0. The first-order valence-corrected chi connectivity index (χ1v) is 7.62. The summed E-state index contributed by atoms with van der Waals surface area (Å²) in [4.78, 5) is 19.4. The van der Waals surface area contributed by atoms with E-state index in [4.69, 9.17) is 0 Å². The molecule has 0 bridgehead atoms. The average Bonchev–Trinajstić information content (AvgIpc) is 3.03. The molecular formula is C17H16FN7O. The zero-order valence-electron chi connectivity index (χ0n) is 13.9. The van der Waals surface area contributed by atoms with Crippen LogP contribution in [0.3, 0.4) is 0 Å². The van der Waals surface area contributed by atoms with Crippen LogP contribution in [0.15, 0.2) is 55.5 Å². The summed E-state index contributed by atoms with van der Waals surface area (Å²) in [6, 6.07) is 6.80. The summed E-state index contributed by atoms with van der Waals surface area (Å²) in [5, 5.41) is 12.5. The molecule has 1 aromatic carbocycles. The Bertz CT molecular complexity index is 954. The van der Waals surface area contributed by atoms with Crippen molar-refractivity contribution in [2.45, 2.75) is 0 Å². The van der Waals surface area contributed by atoms with E-state index in [2.05, 4.69) is 37.6 Å². The van der Waals surface area contributed by atoms with Crippen molar-refractivity contribution in [3.05, 3.63) is 61.3 Å².